The number of primary amides is 1. The Kier molecular flexibility index (Phi) is 5.13. The predicted octanol–water partition coefficient (Wildman–Crippen LogP) is -0.381. The molecule has 0 bridgehead atoms. The molecule has 0 radical (unpaired) electrons. The summed E-state index contributed by atoms with van der Waals surface area (Å²) in [5, 5.41) is 0. The third-order valence-corrected chi connectivity index (χ3v) is 3.57. The third-order valence-electron chi connectivity index (χ3n) is 3.57. The molecule has 21 heavy (non-hydrogen) atoms. The number of nitrogens with zero attached hydrogens (tertiary/aromatic N) is 1. The molecule has 1 unspecified atom stereocenters. The topological polar surface area (TPSA) is 111 Å². The first-order valence-electron chi connectivity index (χ1n) is 6.89. The molecule has 0 aliphatic carbocycles. The predicted molar refractivity (Wildman–Crippen MR) is 77.4 cm³/mol. The van der Waals surface area contributed by atoms with Crippen LogP contribution in [0.25, 0.3) is 0 Å². The number of nitrogens with one attached hydrogen (secondary N) is 1. The van der Waals surface area contributed by atoms with Gasteiger partial charge in [-0.2, -0.15) is 0 Å². The van der Waals surface area contributed by atoms with Crippen molar-refractivity contribution in [2.75, 3.05) is 19.7 Å². The van der Waals surface area contributed by atoms with Gasteiger partial charge in [0, 0.05) is 12.1 Å². The summed E-state index contributed by atoms with van der Waals surface area (Å²) in [6, 6.07) is 6.57. The van der Waals surface area contributed by atoms with Gasteiger partial charge in [0.25, 0.3) is 5.91 Å². The summed E-state index contributed by atoms with van der Waals surface area (Å²) in [4.78, 5) is 24.7. The van der Waals surface area contributed by atoms with E-state index in [1.165, 1.54) is 0 Å². The van der Waals surface area contributed by atoms with E-state index in [9.17, 15) is 9.59 Å². The standard InChI is InChI=1S/C14H20N4O3/c15-13(19)12-5-2-6-18(12)7-8-21-11-4-1-3-10(9-11)14(20)17-16/h1,3-4,9,12H,2,5-8,16H2,(H2,15,19)(H,17,20). The lowest BCUT2D eigenvalue weighted by molar-refractivity contribution is -0.122. The molecule has 1 fully saturated rings. The molecule has 2 amide bonds. The largest absolute Gasteiger partial charge is 0.492 e. The van der Waals surface area contributed by atoms with Crippen LogP contribution in [0, 0.1) is 0 Å². The van der Waals surface area contributed by atoms with E-state index in [1.807, 2.05) is 4.90 Å². The van der Waals surface area contributed by atoms with Crippen molar-refractivity contribution in [2.24, 2.45) is 11.6 Å². The quantitative estimate of drug-likeness (QED) is 0.376. The first-order valence-corrected chi connectivity index (χ1v) is 6.89. The number of nitrogens with two attached hydrogens (primary N) is 2. The first kappa shape index (κ1) is 15.3. The van der Waals surface area contributed by atoms with Crippen molar-refractivity contribution in [1.82, 2.24) is 10.3 Å². The van der Waals surface area contributed by atoms with Gasteiger partial charge in [0.2, 0.25) is 5.91 Å². The molecule has 0 saturated carbocycles. The fraction of sp³-hybridized carbons (Fsp3) is 0.429. The third kappa shape index (κ3) is 3.93. The maximum Gasteiger partial charge on any atom is 0.265 e. The summed E-state index contributed by atoms with van der Waals surface area (Å²) in [5.74, 6) is 5.03. The molecule has 1 aliphatic heterocycles. The number of likely N-dealkylation sites (tertiary alicyclic amines) is 1. The van der Waals surface area contributed by atoms with E-state index in [2.05, 4.69) is 5.43 Å². The minimum absolute atomic E-state index is 0.192. The molecule has 2 rings (SSSR count). The Bertz CT molecular complexity index is 521. The number of hydrogen-bond acceptors (Lipinski definition) is 5. The monoisotopic (exact) mass is 292 g/mol. The van der Waals surface area contributed by atoms with Gasteiger partial charge in [0.1, 0.15) is 12.4 Å². The van der Waals surface area contributed by atoms with Crippen molar-refractivity contribution in [3.05, 3.63) is 29.8 Å². The van der Waals surface area contributed by atoms with Gasteiger partial charge < -0.3 is 10.5 Å². The van der Waals surface area contributed by atoms with Crippen molar-refractivity contribution >= 4 is 11.8 Å². The smallest absolute Gasteiger partial charge is 0.265 e. The molecule has 1 heterocycles. The molecule has 1 aromatic carbocycles. The highest BCUT2D eigenvalue weighted by Crippen LogP contribution is 2.17. The molecular weight excluding hydrogens is 272 g/mol. The highest BCUT2D eigenvalue weighted by Gasteiger charge is 2.28. The molecule has 1 aromatic rings. The van der Waals surface area contributed by atoms with E-state index in [0.29, 0.717) is 24.5 Å². The van der Waals surface area contributed by atoms with Crippen molar-refractivity contribution in [3.8, 4) is 5.75 Å². The van der Waals surface area contributed by atoms with Gasteiger partial charge in [-0.3, -0.25) is 19.9 Å². The van der Waals surface area contributed by atoms with E-state index in [-0.39, 0.29) is 17.9 Å². The van der Waals surface area contributed by atoms with Gasteiger partial charge in [0.05, 0.1) is 6.04 Å². The van der Waals surface area contributed by atoms with Crippen LogP contribution in [0.4, 0.5) is 0 Å². The number of amides is 2. The zero-order chi connectivity index (χ0) is 15.2. The summed E-state index contributed by atoms with van der Waals surface area (Å²) in [5.41, 5.74) is 7.87. The lowest BCUT2D eigenvalue weighted by atomic mass is 10.2. The van der Waals surface area contributed by atoms with Crippen molar-refractivity contribution in [1.29, 1.82) is 0 Å². The van der Waals surface area contributed by atoms with Crippen LogP contribution in [0.15, 0.2) is 24.3 Å². The second kappa shape index (κ2) is 7.05. The molecule has 0 aromatic heterocycles. The van der Waals surface area contributed by atoms with Crippen LogP contribution in [-0.2, 0) is 4.79 Å². The summed E-state index contributed by atoms with van der Waals surface area (Å²) in [6.45, 7) is 1.91. The number of rotatable bonds is 6. The lowest BCUT2D eigenvalue weighted by Gasteiger charge is -2.21. The van der Waals surface area contributed by atoms with Crippen molar-refractivity contribution in [2.45, 2.75) is 18.9 Å². The van der Waals surface area contributed by atoms with E-state index >= 15 is 0 Å². The SMILES string of the molecule is NNC(=O)c1cccc(OCCN2CCCC2C(N)=O)c1. The molecule has 7 heteroatoms. The Morgan fingerprint density at radius 3 is 2.95 bits per heavy atom. The maximum atomic E-state index is 11.4. The Morgan fingerprint density at radius 1 is 1.43 bits per heavy atom. The molecular formula is C14H20N4O3. The maximum absolute atomic E-state index is 11.4. The van der Waals surface area contributed by atoms with Crippen LogP contribution < -0.4 is 21.7 Å². The molecule has 5 N–H and O–H groups in total. The Morgan fingerprint density at radius 2 is 2.24 bits per heavy atom. The normalized spacial score (nSPS) is 18.4. The summed E-state index contributed by atoms with van der Waals surface area (Å²) in [6.07, 6.45) is 1.78. The number of carbonyl (C=O) groups excluding carboxylic acids is 2. The van der Waals surface area contributed by atoms with Crippen LogP contribution in [-0.4, -0.2) is 42.5 Å². The van der Waals surface area contributed by atoms with Crippen LogP contribution >= 0.6 is 0 Å². The number of ether oxygens (including phenoxy) is 1. The number of benzene rings is 1. The van der Waals surface area contributed by atoms with Gasteiger partial charge in [-0.05, 0) is 37.6 Å². The minimum atomic E-state index is -0.367. The highest BCUT2D eigenvalue weighted by molar-refractivity contribution is 5.94. The summed E-state index contributed by atoms with van der Waals surface area (Å²) < 4.78 is 5.62. The zero-order valence-corrected chi connectivity index (χ0v) is 11.7. The van der Waals surface area contributed by atoms with E-state index in [4.69, 9.17) is 16.3 Å². The van der Waals surface area contributed by atoms with Gasteiger partial charge >= 0.3 is 0 Å². The van der Waals surface area contributed by atoms with Crippen LogP contribution in [0.3, 0.4) is 0 Å². The molecule has 1 saturated heterocycles. The Labute approximate surface area is 123 Å². The minimum Gasteiger partial charge on any atom is -0.492 e. The number of hydrazine groups is 1. The van der Waals surface area contributed by atoms with Crippen molar-refractivity contribution < 1.29 is 14.3 Å². The zero-order valence-electron chi connectivity index (χ0n) is 11.7. The fourth-order valence-corrected chi connectivity index (χ4v) is 2.51. The highest BCUT2D eigenvalue weighted by atomic mass is 16.5. The summed E-state index contributed by atoms with van der Waals surface area (Å²) in [7, 11) is 0. The fourth-order valence-electron chi connectivity index (χ4n) is 2.51. The van der Waals surface area contributed by atoms with Gasteiger partial charge in [-0.1, -0.05) is 6.07 Å². The Balaban J connectivity index is 1.86. The average molecular weight is 292 g/mol. The van der Waals surface area contributed by atoms with Gasteiger partial charge in [0.15, 0.2) is 0 Å². The van der Waals surface area contributed by atoms with E-state index < -0.39 is 0 Å². The van der Waals surface area contributed by atoms with E-state index in [0.717, 1.165) is 19.4 Å². The van der Waals surface area contributed by atoms with Gasteiger partial charge in [-0.15, -0.1) is 0 Å². The second-order valence-corrected chi connectivity index (χ2v) is 4.95. The number of nitrogen functional groups attached to an aromatic ring is 1. The Hall–Kier alpha value is -2.12. The average Bonchev–Trinajstić information content (AvgIpc) is 2.95. The van der Waals surface area contributed by atoms with Gasteiger partial charge in [-0.25, -0.2) is 5.84 Å². The second-order valence-electron chi connectivity index (χ2n) is 4.95. The van der Waals surface area contributed by atoms with Crippen molar-refractivity contribution in [3.63, 3.8) is 0 Å². The molecule has 1 aliphatic rings. The molecule has 114 valence electrons. The van der Waals surface area contributed by atoms with Crippen LogP contribution in [0.2, 0.25) is 0 Å². The van der Waals surface area contributed by atoms with Crippen LogP contribution in [0.1, 0.15) is 23.2 Å². The lowest BCUT2D eigenvalue weighted by Crippen LogP contribution is -2.42. The summed E-state index contributed by atoms with van der Waals surface area (Å²) >= 11 is 0. The molecule has 7 nitrogen and oxygen atoms in total. The number of carbonyl (C=O) groups is 2. The van der Waals surface area contributed by atoms with E-state index in [1.54, 1.807) is 24.3 Å². The number of hydrogen-bond donors (Lipinski definition) is 3. The molecule has 1 atom stereocenters. The molecule has 0 spiro atoms. The van der Waals surface area contributed by atoms with Crippen LogP contribution in [0.5, 0.6) is 5.75 Å². The first-order chi connectivity index (χ1) is 10.1.